The van der Waals surface area contributed by atoms with E-state index in [-0.39, 0.29) is 11.9 Å². The molecule has 2 fully saturated rings. The van der Waals surface area contributed by atoms with E-state index >= 15 is 0 Å². The van der Waals surface area contributed by atoms with Crippen molar-refractivity contribution >= 4 is 16.8 Å². The highest BCUT2D eigenvalue weighted by atomic mass is 16.5. The van der Waals surface area contributed by atoms with Gasteiger partial charge in [-0.05, 0) is 18.9 Å². The molecule has 7 nitrogen and oxygen atoms in total. The molecule has 4 heterocycles. The topological polar surface area (TPSA) is 84.0 Å². The Morgan fingerprint density at radius 3 is 2.81 bits per heavy atom. The van der Waals surface area contributed by atoms with Crippen LogP contribution in [0.3, 0.4) is 0 Å². The average molecular weight is 351 g/mol. The molecule has 0 aliphatic carbocycles. The van der Waals surface area contributed by atoms with Gasteiger partial charge in [0.25, 0.3) is 5.91 Å². The van der Waals surface area contributed by atoms with Crippen LogP contribution in [-0.2, 0) is 4.74 Å². The van der Waals surface area contributed by atoms with E-state index < -0.39 is 0 Å². The standard InChI is InChI=1S/C19H21N5O2/c25-19(23-12-5-13-10-26-11-14(6-12)22-13)17-9-24(15-7-20-21-8-15)18-4-2-1-3-16(17)18/h1-4,7-9,12-14,22H,5-6,10-11H2,(H,20,21)(H,23,25)/t12-,13-,14+. The molecule has 2 bridgehead atoms. The number of hydrogen-bond donors (Lipinski definition) is 3. The second-order valence-electron chi connectivity index (χ2n) is 7.13. The summed E-state index contributed by atoms with van der Waals surface area (Å²) >= 11 is 0. The molecule has 0 unspecified atom stereocenters. The van der Waals surface area contributed by atoms with Crippen LogP contribution in [0.25, 0.3) is 16.6 Å². The van der Waals surface area contributed by atoms with Gasteiger partial charge in [-0.3, -0.25) is 9.89 Å². The Morgan fingerprint density at radius 1 is 1.23 bits per heavy atom. The van der Waals surface area contributed by atoms with Crippen molar-refractivity contribution in [2.75, 3.05) is 13.2 Å². The number of morpholine rings is 1. The second-order valence-corrected chi connectivity index (χ2v) is 7.13. The van der Waals surface area contributed by atoms with Gasteiger partial charge >= 0.3 is 0 Å². The maximum absolute atomic E-state index is 13.0. The van der Waals surface area contributed by atoms with Crippen LogP contribution in [0, 0.1) is 0 Å². The van der Waals surface area contributed by atoms with Gasteiger partial charge in [-0.1, -0.05) is 18.2 Å². The second kappa shape index (κ2) is 6.26. The van der Waals surface area contributed by atoms with Gasteiger partial charge in [0.05, 0.1) is 36.2 Å². The summed E-state index contributed by atoms with van der Waals surface area (Å²) in [4.78, 5) is 13.0. The van der Waals surface area contributed by atoms with E-state index in [1.54, 1.807) is 6.20 Å². The summed E-state index contributed by atoms with van der Waals surface area (Å²) in [5.41, 5.74) is 2.60. The number of benzene rings is 1. The first kappa shape index (κ1) is 15.6. The third-order valence-electron chi connectivity index (χ3n) is 5.30. The fourth-order valence-electron chi connectivity index (χ4n) is 4.17. The predicted octanol–water partition coefficient (Wildman–Crippen LogP) is 1.60. The van der Waals surface area contributed by atoms with E-state index in [1.165, 1.54) is 0 Å². The quantitative estimate of drug-likeness (QED) is 0.669. The van der Waals surface area contributed by atoms with Crippen LogP contribution in [0.4, 0.5) is 0 Å². The summed E-state index contributed by atoms with van der Waals surface area (Å²) < 4.78 is 7.59. The van der Waals surface area contributed by atoms with Crippen LogP contribution in [0.15, 0.2) is 42.9 Å². The van der Waals surface area contributed by atoms with Crippen LogP contribution < -0.4 is 10.6 Å². The number of aromatic nitrogens is 3. The first-order valence-electron chi connectivity index (χ1n) is 9.02. The molecule has 1 aromatic carbocycles. The number of piperidine rings is 1. The number of aromatic amines is 1. The number of hydrogen-bond acceptors (Lipinski definition) is 4. The highest BCUT2D eigenvalue weighted by Gasteiger charge is 2.33. The normalized spacial score (nSPS) is 25.3. The summed E-state index contributed by atoms with van der Waals surface area (Å²) in [7, 11) is 0. The molecule has 2 aromatic heterocycles. The molecule has 0 spiro atoms. The largest absolute Gasteiger partial charge is 0.378 e. The van der Waals surface area contributed by atoms with Crippen molar-refractivity contribution in [3.05, 3.63) is 48.4 Å². The summed E-state index contributed by atoms with van der Waals surface area (Å²) in [6.07, 6.45) is 7.28. The number of carbonyl (C=O) groups is 1. The smallest absolute Gasteiger partial charge is 0.253 e. The lowest BCUT2D eigenvalue weighted by Gasteiger charge is -2.40. The lowest BCUT2D eigenvalue weighted by Crippen LogP contribution is -2.58. The predicted molar refractivity (Wildman–Crippen MR) is 97.4 cm³/mol. The number of para-hydroxylation sites is 1. The van der Waals surface area contributed by atoms with Crippen LogP contribution in [0.2, 0.25) is 0 Å². The summed E-state index contributed by atoms with van der Waals surface area (Å²) in [5.74, 6) is -0.0191. The van der Waals surface area contributed by atoms with Gasteiger partial charge in [0.15, 0.2) is 0 Å². The molecule has 0 saturated carbocycles. The van der Waals surface area contributed by atoms with E-state index in [1.807, 2.05) is 41.2 Å². The van der Waals surface area contributed by atoms with Crippen LogP contribution in [0.1, 0.15) is 23.2 Å². The molecule has 3 aromatic rings. The monoisotopic (exact) mass is 351 g/mol. The maximum atomic E-state index is 13.0. The number of amides is 1. The SMILES string of the molecule is O=C(N[C@H]1C[C@H]2COC[C@@H](C1)N2)c1cn(-c2cn[nH]c2)c2ccccc12. The summed E-state index contributed by atoms with van der Waals surface area (Å²) in [5, 5.41) is 14.6. The molecular weight excluding hydrogens is 330 g/mol. The van der Waals surface area contributed by atoms with Crippen LogP contribution in [0.5, 0.6) is 0 Å². The van der Waals surface area contributed by atoms with Crippen molar-refractivity contribution in [1.82, 2.24) is 25.4 Å². The zero-order chi connectivity index (χ0) is 17.5. The first-order valence-corrected chi connectivity index (χ1v) is 9.02. The van der Waals surface area contributed by atoms with E-state index in [2.05, 4.69) is 20.8 Å². The summed E-state index contributed by atoms with van der Waals surface area (Å²) in [6, 6.07) is 8.80. The first-order chi connectivity index (χ1) is 12.8. The van der Waals surface area contributed by atoms with Crippen LogP contribution in [-0.4, -0.2) is 52.0 Å². The Morgan fingerprint density at radius 2 is 2.04 bits per heavy atom. The molecule has 1 amide bonds. The van der Waals surface area contributed by atoms with Crippen molar-refractivity contribution in [3.63, 3.8) is 0 Å². The number of carbonyl (C=O) groups excluding carboxylic acids is 1. The number of H-pyrrole nitrogens is 1. The Labute approximate surface area is 150 Å². The highest BCUT2D eigenvalue weighted by Crippen LogP contribution is 2.25. The van der Waals surface area contributed by atoms with Gasteiger partial charge in [-0.2, -0.15) is 5.10 Å². The third-order valence-corrected chi connectivity index (χ3v) is 5.30. The summed E-state index contributed by atoms with van der Waals surface area (Å²) in [6.45, 7) is 1.45. The lowest BCUT2D eigenvalue weighted by atomic mass is 9.92. The average Bonchev–Trinajstić information content (AvgIpc) is 3.29. The number of rotatable bonds is 3. The van der Waals surface area contributed by atoms with Gasteiger partial charge in [-0.25, -0.2) is 0 Å². The fourth-order valence-corrected chi connectivity index (χ4v) is 4.17. The number of nitrogens with one attached hydrogen (secondary N) is 3. The van der Waals surface area contributed by atoms with Crippen molar-refractivity contribution < 1.29 is 9.53 Å². The van der Waals surface area contributed by atoms with Crippen molar-refractivity contribution in [2.24, 2.45) is 0 Å². The molecule has 0 radical (unpaired) electrons. The Bertz CT molecular complexity index is 921. The molecule has 3 atom stereocenters. The van der Waals surface area contributed by atoms with Crippen molar-refractivity contribution in [3.8, 4) is 5.69 Å². The Kier molecular flexibility index (Phi) is 3.76. The molecule has 7 heteroatoms. The molecule has 2 aliphatic rings. The van der Waals surface area contributed by atoms with Gasteiger partial charge in [0.1, 0.15) is 0 Å². The minimum Gasteiger partial charge on any atom is -0.378 e. The molecular formula is C19H21N5O2. The zero-order valence-corrected chi connectivity index (χ0v) is 14.3. The van der Waals surface area contributed by atoms with Crippen molar-refractivity contribution in [1.29, 1.82) is 0 Å². The molecule has 5 rings (SSSR count). The maximum Gasteiger partial charge on any atom is 0.253 e. The van der Waals surface area contributed by atoms with E-state index in [0.717, 1.165) is 42.6 Å². The lowest BCUT2D eigenvalue weighted by molar-refractivity contribution is 0.0148. The van der Waals surface area contributed by atoms with Gasteiger partial charge in [0.2, 0.25) is 0 Å². The third kappa shape index (κ3) is 2.69. The van der Waals surface area contributed by atoms with E-state index in [9.17, 15) is 4.79 Å². The number of nitrogens with zero attached hydrogens (tertiary/aromatic N) is 2. The minimum atomic E-state index is -0.0191. The number of ether oxygens (including phenoxy) is 1. The Hall–Kier alpha value is -2.64. The fraction of sp³-hybridized carbons (Fsp3) is 0.368. The molecule has 3 N–H and O–H groups in total. The molecule has 26 heavy (non-hydrogen) atoms. The minimum absolute atomic E-state index is 0.0191. The zero-order valence-electron chi connectivity index (χ0n) is 14.3. The van der Waals surface area contributed by atoms with Gasteiger partial charge in [-0.15, -0.1) is 0 Å². The molecule has 134 valence electrons. The number of fused-ring (bicyclic) bond motifs is 3. The van der Waals surface area contributed by atoms with E-state index in [0.29, 0.717) is 17.6 Å². The van der Waals surface area contributed by atoms with Gasteiger partial charge < -0.3 is 19.9 Å². The molecule has 2 aliphatic heterocycles. The van der Waals surface area contributed by atoms with E-state index in [4.69, 9.17) is 4.74 Å². The highest BCUT2D eigenvalue weighted by molar-refractivity contribution is 6.07. The van der Waals surface area contributed by atoms with Gasteiger partial charge in [0, 0.05) is 35.9 Å². The molecule has 2 saturated heterocycles. The van der Waals surface area contributed by atoms with Crippen LogP contribution >= 0.6 is 0 Å². The van der Waals surface area contributed by atoms with Crippen molar-refractivity contribution in [2.45, 2.75) is 31.0 Å². The Balaban J connectivity index is 1.44.